The van der Waals surface area contributed by atoms with Crippen LogP contribution in [0.25, 0.3) is 0 Å². The van der Waals surface area contributed by atoms with Gasteiger partial charge in [-0.25, -0.2) is 0 Å². The second kappa shape index (κ2) is 12.1. The van der Waals surface area contributed by atoms with E-state index in [0.29, 0.717) is 6.61 Å². The highest BCUT2D eigenvalue weighted by molar-refractivity contribution is 5.69. The molecule has 0 heterocycles. The molecule has 0 fully saturated rings. The van der Waals surface area contributed by atoms with Gasteiger partial charge in [0, 0.05) is 6.61 Å². The minimum absolute atomic E-state index is 0.105. The average Bonchev–Trinajstić information content (AvgIpc) is 1.90. The van der Waals surface area contributed by atoms with Gasteiger partial charge in [0.25, 0.3) is 0 Å². The first kappa shape index (κ1) is 13.0. The van der Waals surface area contributed by atoms with Gasteiger partial charge >= 0.3 is 5.97 Å². The van der Waals surface area contributed by atoms with E-state index in [2.05, 4.69) is 4.74 Å². The maximum atomic E-state index is 10.3. The van der Waals surface area contributed by atoms with Gasteiger partial charge in [0.15, 0.2) is 0 Å². The molecule has 0 aromatic carbocycles. The first-order chi connectivity index (χ1) is 5.22. The molecule has 4 nitrogen and oxygen atoms in total. The van der Waals surface area contributed by atoms with Crippen LogP contribution in [0.3, 0.4) is 0 Å². The third-order valence-corrected chi connectivity index (χ3v) is 0.621. The molecule has 0 aliphatic carbocycles. The Hall–Kier alpha value is -0.610. The van der Waals surface area contributed by atoms with Gasteiger partial charge in [-0.1, -0.05) is 0 Å². The fraction of sp³-hybridized carbons (Fsp3) is 0.857. The van der Waals surface area contributed by atoms with Crippen LogP contribution in [0.4, 0.5) is 0 Å². The molecule has 0 saturated carbocycles. The highest BCUT2D eigenvalue weighted by Crippen LogP contribution is 1.82. The lowest BCUT2D eigenvalue weighted by molar-refractivity contribution is -0.143. The Bertz CT molecular complexity index is 74.5. The molecule has 0 aliphatic rings. The molecule has 0 atom stereocenters. The standard InChI is InChI=1S/C5H10O3.C2H6O/c1-2-8-5(7)3-4-6;1-2-3/h6H,2-4H2,1H3;3H,2H2,1H3. The summed E-state index contributed by atoms with van der Waals surface area (Å²) in [5.41, 5.74) is 0. The summed E-state index contributed by atoms with van der Waals surface area (Å²) in [5.74, 6) is -0.338. The van der Waals surface area contributed by atoms with Crippen molar-refractivity contribution in [1.82, 2.24) is 0 Å². The van der Waals surface area contributed by atoms with Crippen LogP contribution in [0, 0.1) is 0 Å². The topological polar surface area (TPSA) is 66.8 Å². The zero-order chi connectivity index (χ0) is 9.11. The van der Waals surface area contributed by atoms with E-state index in [-0.39, 0.29) is 25.6 Å². The third kappa shape index (κ3) is 17.7. The molecule has 2 N–H and O–H groups in total. The van der Waals surface area contributed by atoms with Crippen LogP contribution in [-0.4, -0.2) is 36.0 Å². The first-order valence-corrected chi connectivity index (χ1v) is 3.60. The van der Waals surface area contributed by atoms with Crippen LogP contribution in [0.5, 0.6) is 0 Å². The molecule has 0 rings (SSSR count). The zero-order valence-corrected chi connectivity index (χ0v) is 7.04. The summed E-state index contributed by atoms with van der Waals surface area (Å²) in [6.45, 7) is 3.92. The number of carbonyl (C=O) groups is 1. The molecule has 68 valence electrons. The summed E-state index contributed by atoms with van der Waals surface area (Å²) >= 11 is 0. The quantitative estimate of drug-likeness (QED) is 0.573. The second-order valence-corrected chi connectivity index (χ2v) is 1.59. The van der Waals surface area contributed by atoms with Crippen LogP contribution in [-0.2, 0) is 9.53 Å². The van der Waals surface area contributed by atoms with Crippen LogP contribution < -0.4 is 0 Å². The van der Waals surface area contributed by atoms with Crippen molar-refractivity contribution in [2.24, 2.45) is 0 Å². The van der Waals surface area contributed by atoms with Crippen LogP contribution in [0.15, 0.2) is 0 Å². The number of aliphatic hydroxyl groups excluding tert-OH is 2. The molecule has 0 unspecified atom stereocenters. The Morgan fingerprint density at radius 3 is 2.09 bits per heavy atom. The van der Waals surface area contributed by atoms with E-state index >= 15 is 0 Å². The van der Waals surface area contributed by atoms with E-state index in [4.69, 9.17) is 10.2 Å². The Labute approximate surface area is 66.8 Å². The van der Waals surface area contributed by atoms with Gasteiger partial charge in [-0.3, -0.25) is 4.79 Å². The van der Waals surface area contributed by atoms with E-state index in [1.54, 1.807) is 13.8 Å². The molecular formula is C7H16O4. The molecular weight excluding hydrogens is 148 g/mol. The number of rotatable bonds is 3. The van der Waals surface area contributed by atoms with Crippen LogP contribution in [0.2, 0.25) is 0 Å². The van der Waals surface area contributed by atoms with Gasteiger partial charge in [-0.05, 0) is 13.8 Å². The molecule has 0 radical (unpaired) electrons. The normalized spacial score (nSPS) is 8.00. The minimum Gasteiger partial charge on any atom is -0.466 e. The van der Waals surface area contributed by atoms with Crippen molar-refractivity contribution < 1.29 is 19.7 Å². The van der Waals surface area contributed by atoms with Crippen molar-refractivity contribution in [3.8, 4) is 0 Å². The van der Waals surface area contributed by atoms with Gasteiger partial charge in [0.05, 0.1) is 19.6 Å². The van der Waals surface area contributed by atoms with E-state index in [9.17, 15) is 4.79 Å². The number of esters is 1. The first-order valence-electron chi connectivity index (χ1n) is 3.60. The third-order valence-electron chi connectivity index (χ3n) is 0.621. The molecule has 4 heteroatoms. The second-order valence-electron chi connectivity index (χ2n) is 1.59. The Balaban J connectivity index is 0. The van der Waals surface area contributed by atoms with Gasteiger partial charge in [0.2, 0.25) is 0 Å². The van der Waals surface area contributed by atoms with Crippen molar-refractivity contribution in [2.45, 2.75) is 20.3 Å². The lowest BCUT2D eigenvalue weighted by Gasteiger charge is -1.96. The molecule has 0 bridgehead atoms. The number of hydrogen-bond donors (Lipinski definition) is 2. The maximum absolute atomic E-state index is 10.3. The number of aliphatic hydroxyl groups is 2. The van der Waals surface area contributed by atoms with Crippen molar-refractivity contribution in [3.05, 3.63) is 0 Å². The number of carbonyl (C=O) groups excluding carboxylic acids is 1. The largest absolute Gasteiger partial charge is 0.466 e. The van der Waals surface area contributed by atoms with E-state index < -0.39 is 0 Å². The molecule has 0 aromatic rings. The van der Waals surface area contributed by atoms with Crippen LogP contribution >= 0.6 is 0 Å². The fourth-order valence-electron chi connectivity index (χ4n) is 0.324. The number of ether oxygens (including phenoxy) is 1. The summed E-state index contributed by atoms with van der Waals surface area (Å²) in [5, 5.41) is 15.7. The lowest BCUT2D eigenvalue weighted by atomic mass is 10.5. The number of hydrogen-bond acceptors (Lipinski definition) is 4. The van der Waals surface area contributed by atoms with E-state index in [1.165, 1.54) is 0 Å². The van der Waals surface area contributed by atoms with Crippen molar-refractivity contribution >= 4 is 5.97 Å². The smallest absolute Gasteiger partial charge is 0.308 e. The van der Waals surface area contributed by atoms with Crippen molar-refractivity contribution in [2.75, 3.05) is 19.8 Å². The molecule has 0 spiro atoms. The Kier molecular flexibility index (Phi) is 14.3. The lowest BCUT2D eigenvalue weighted by Crippen LogP contribution is -2.05. The SMILES string of the molecule is CCO.CCOC(=O)CCO. The zero-order valence-electron chi connectivity index (χ0n) is 7.04. The van der Waals surface area contributed by atoms with Gasteiger partial charge in [-0.2, -0.15) is 0 Å². The molecule has 0 aromatic heterocycles. The minimum atomic E-state index is -0.338. The average molecular weight is 164 g/mol. The van der Waals surface area contributed by atoms with E-state index in [0.717, 1.165) is 0 Å². The summed E-state index contributed by atoms with van der Waals surface area (Å²) in [6.07, 6.45) is 0.105. The van der Waals surface area contributed by atoms with Crippen molar-refractivity contribution in [1.29, 1.82) is 0 Å². The molecule has 0 aliphatic heterocycles. The van der Waals surface area contributed by atoms with Gasteiger partial charge in [0.1, 0.15) is 0 Å². The molecule has 11 heavy (non-hydrogen) atoms. The summed E-state index contributed by atoms with van der Waals surface area (Å²) in [6, 6.07) is 0. The monoisotopic (exact) mass is 164 g/mol. The molecule has 0 amide bonds. The summed E-state index contributed by atoms with van der Waals surface area (Å²) in [4.78, 5) is 10.3. The fourth-order valence-corrected chi connectivity index (χ4v) is 0.324. The highest BCUT2D eigenvalue weighted by Gasteiger charge is 1.96. The highest BCUT2D eigenvalue weighted by atomic mass is 16.5. The van der Waals surface area contributed by atoms with Gasteiger partial charge in [-0.15, -0.1) is 0 Å². The van der Waals surface area contributed by atoms with Crippen LogP contribution in [0.1, 0.15) is 20.3 Å². The van der Waals surface area contributed by atoms with Crippen molar-refractivity contribution in [3.63, 3.8) is 0 Å². The predicted molar refractivity (Wildman–Crippen MR) is 41.1 cm³/mol. The summed E-state index contributed by atoms with van der Waals surface area (Å²) < 4.78 is 4.48. The molecule has 0 saturated heterocycles. The van der Waals surface area contributed by atoms with E-state index in [1.807, 2.05) is 0 Å². The van der Waals surface area contributed by atoms with Gasteiger partial charge < -0.3 is 14.9 Å². The Morgan fingerprint density at radius 1 is 1.36 bits per heavy atom. The Morgan fingerprint density at radius 2 is 1.82 bits per heavy atom. The predicted octanol–water partition coefficient (Wildman–Crippen LogP) is -0.0695. The summed E-state index contributed by atoms with van der Waals surface area (Å²) in [7, 11) is 0. The maximum Gasteiger partial charge on any atom is 0.308 e.